The van der Waals surface area contributed by atoms with Gasteiger partial charge >= 0.3 is 12.4 Å². The van der Waals surface area contributed by atoms with Gasteiger partial charge in [0.05, 0.1) is 17.8 Å². The Balaban J connectivity index is 1.71. The van der Waals surface area contributed by atoms with Crippen LogP contribution in [0.3, 0.4) is 0 Å². The fourth-order valence-corrected chi connectivity index (χ4v) is 3.87. The van der Waals surface area contributed by atoms with Crippen LogP contribution in [0.25, 0.3) is 0 Å². The molecular weight excluding hydrogens is 484 g/mol. The third-order valence-corrected chi connectivity index (χ3v) is 5.69. The van der Waals surface area contributed by atoms with Crippen LogP contribution in [0.15, 0.2) is 60.7 Å². The van der Waals surface area contributed by atoms with Crippen LogP contribution in [0, 0.1) is 0 Å². The van der Waals surface area contributed by atoms with Crippen molar-refractivity contribution in [1.29, 1.82) is 0 Å². The Morgan fingerprint density at radius 1 is 0.971 bits per heavy atom. The summed E-state index contributed by atoms with van der Waals surface area (Å²) in [5.41, 5.74) is 0.164. The zero-order valence-electron chi connectivity index (χ0n) is 17.7. The highest BCUT2D eigenvalue weighted by Gasteiger charge is 2.46. The normalized spacial score (nSPS) is 16.1. The van der Waals surface area contributed by atoms with Crippen molar-refractivity contribution in [1.82, 2.24) is 0 Å². The number of fused-ring (bicyclic) bond motifs is 1. The number of anilines is 2. The number of halogens is 7. The second-order valence-electron chi connectivity index (χ2n) is 7.65. The van der Waals surface area contributed by atoms with Crippen LogP contribution < -0.4 is 14.4 Å². The maximum atomic E-state index is 13.5. The van der Waals surface area contributed by atoms with Gasteiger partial charge in [-0.05, 0) is 60.5 Å². The molecule has 0 spiro atoms. The van der Waals surface area contributed by atoms with Crippen molar-refractivity contribution in [2.75, 3.05) is 11.4 Å². The Morgan fingerprint density at radius 2 is 1.71 bits per heavy atom. The molecule has 0 unspecified atom stereocenters. The molecule has 4 rings (SSSR count). The van der Waals surface area contributed by atoms with Gasteiger partial charge in [-0.3, -0.25) is 0 Å². The molecule has 1 heterocycles. The van der Waals surface area contributed by atoms with Gasteiger partial charge in [0.1, 0.15) is 17.2 Å². The van der Waals surface area contributed by atoms with Crippen LogP contribution in [0.5, 0.6) is 17.2 Å². The summed E-state index contributed by atoms with van der Waals surface area (Å²) in [5, 5.41) is 0.588. The quantitative estimate of drug-likeness (QED) is 0.336. The van der Waals surface area contributed by atoms with Crippen LogP contribution in [-0.4, -0.2) is 18.8 Å². The predicted octanol–water partition coefficient (Wildman–Crippen LogP) is 8.17. The lowest BCUT2D eigenvalue weighted by Crippen LogP contribution is -2.46. The van der Waals surface area contributed by atoms with Gasteiger partial charge in [0, 0.05) is 16.8 Å². The first-order valence-corrected chi connectivity index (χ1v) is 10.6. The summed E-state index contributed by atoms with van der Waals surface area (Å²) in [6.45, 7) is 1.30. The van der Waals surface area contributed by atoms with Crippen LogP contribution in [0.2, 0.25) is 5.02 Å². The summed E-state index contributed by atoms with van der Waals surface area (Å²) in [6.07, 6.45) is -11.1. The lowest BCUT2D eigenvalue weighted by molar-refractivity contribution is -0.193. The minimum atomic E-state index is -4.78. The Kier molecular flexibility index (Phi) is 6.33. The van der Waals surface area contributed by atoms with Crippen molar-refractivity contribution in [2.24, 2.45) is 0 Å². The highest BCUT2D eigenvalue weighted by Crippen LogP contribution is 2.45. The van der Waals surface area contributed by atoms with Gasteiger partial charge in [0.2, 0.25) is 6.10 Å². The number of hydrogen-bond donors (Lipinski definition) is 0. The van der Waals surface area contributed by atoms with Gasteiger partial charge < -0.3 is 14.4 Å². The van der Waals surface area contributed by atoms with E-state index < -0.39 is 36.3 Å². The molecule has 0 radical (unpaired) electrons. The van der Waals surface area contributed by atoms with E-state index in [4.69, 9.17) is 21.1 Å². The summed E-state index contributed by atoms with van der Waals surface area (Å²) in [4.78, 5) is 1.27. The van der Waals surface area contributed by atoms with Gasteiger partial charge in [-0.15, -0.1) is 0 Å². The molecular formula is C24H18ClF6NO2. The standard InChI is InChI=1S/C24H18ClF6NO2/c1-2-14-10-18(7-8-19(14)25)33-17-5-3-4-16(12-17)32-13-22(24(29,30)31)34-21-11-15(23(26,27)28)6-9-20(21)32/h3-12,22H,2,13H2,1H3/t22-/m0/s1. The van der Waals surface area contributed by atoms with E-state index in [9.17, 15) is 26.3 Å². The molecule has 1 aliphatic rings. The molecule has 0 amide bonds. The van der Waals surface area contributed by atoms with Gasteiger partial charge in [-0.2, -0.15) is 26.3 Å². The van der Waals surface area contributed by atoms with E-state index in [0.29, 0.717) is 34.7 Å². The third-order valence-electron chi connectivity index (χ3n) is 5.32. The average Bonchev–Trinajstić information content (AvgIpc) is 2.78. The fourth-order valence-electron chi connectivity index (χ4n) is 3.61. The molecule has 180 valence electrons. The SMILES string of the molecule is CCc1cc(Oc2cccc(N3C[C@@H](C(F)(F)F)Oc4cc(C(F)(F)F)ccc43)c2)ccc1Cl. The monoisotopic (exact) mass is 501 g/mol. The summed E-state index contributed by atoms with van der Waals surface area (Å²) >= 11 is 6.13. The van der Waals surface area contributed by atoms with E-state index >= 15 is 0 Å². The van der Waals surface area contributed by atoms with Crippen molar-refractivity contribution in [3.8, 4) is 17.2 Å². The molecule has 3 aromatic carbocycles. The third kappa shape index (κ3) is 5.04. The van der Waals surface area contributed by atoms with Crippen LogP contribution in [0.1, 0.15) is 18.1 Å². The summed E-state index contributed by atoms with van der Waals surface area (Å²) in [5.74, 6) is 0.328. The first-order chi connectivity index (χ1) is 16.0. The van der Waals surface area contributed by atoms with Crippen molar-refractivity contribution < 1.29 is 35.8 Å². The van der Waals surface area contributed by atoms with Crippen molar-refractivity contribution in [3.05, 3.63) is 76.8 Å². The number of alkyl halides is 6. The number of ether oxygens (including phenoxy) is 2. The molecule has 3 nitrogen and oxygen atoms in total. The first kappa shape index (κ1) is 24.1. The topological polar surface area (TPSA) is 21.7 Å². The Morgan fingerprint density at radius 3 is 2.38 bits per heavy atom. The van der Waals surface area contributed by atoms with E-state index in [1.807, 2.05) is 6.92 Å². The number of nitrogens with zero attached hydrogens (tertiary/aromatic N) is 1. The fraction of sp³-hybridized carbons (Fsp3) is 0.250. The smallest absolute Gasteiger partial charge is 0.427 e. The van der Waals surface area contributed by atoms with E-state index in [-0.39, 0.29) is 5.69 Å². The van der Waals surface area contributed by atoms with Gasteiger partial charge in [-0.25, -0.2) is 0 Å². The second-order valence-corrected chi connectivity index (χ2v) is 8.05. The Labute approximate surface area is 196 Å². The van der Waals surface area contributed by atoms with Crippen LogP contribution in [-0.2, 0) is 12.6 Å². The molecule has 0 N–H and O–H groups in total. The van der Waals surface area contributed by atoms with Crippen molar-refractivity contribution in [3.63, 3.8) is 0 Å². The zero-order chi connectivity index (χ0) is 24.7. The summed E-state index contributed by atoms with van der Waals surface area (Å²) < 4.78 is 90.8. The molecule has 0 fully saturated rings. The Bertz CT molecular complexity index is 1190. The lowest BCUT2D eigenvalue weighted by Gasteiger charge is -2.37. The summed E-state index contributed by atoms with van der Waals surface area (Å²) in [7, 11) is 0. The minimum absolute atomic E-state index is 0.0883. The zero-order valence-corrected chi connectivity index (χ0v) is 18.4. The molecule has 34 heavy (non-hydrogen) atoms. The molecule has 1 aliphatic heterocycles. The maximum Gasteiger partial charge on any atom is 0.427 e. The van der Waals surface area contributed by atoms with Crippen molar-refractivity contribution >= 4 is 23.0 Å². The number of rotatable bonds is 4. The molecule has 0 aromatic heterocycles. The second kappa shape index (κ2) is 8.94. The van der Waals surface area contributed by atoms with E-state index in [1.54, 1.807) is 36.4 Å². The number of hydrogen-bond acceptors (Lipinski definition) is 3. The number of aryl methyl sites for hydroxylation is 1. The highest BCUT2D eigenvalue weighted by molar-refractivity contribution is 6.31. The molecule has 0 saturated carbocycles. The predicted molar refractivity (Wildman–Crippen MR) is 116 cm³/mol. The first-order valence-electron chi connectivity index (χ1n) is 10.2. The molecule has 1 atom stereocenters. The summed E-state index contributed by atoms with van der Waals surface area (Å²) in [6, 6.07) is 13.9. The highest BCUT2D eigenvalue weighted by atomic mass is 35.5. The molecule has 3 aromatic rings. The van der Waals surface area contributed by atoms with E-state index in [0.717, 1.165) is 17.7 Å². The molecule has 10 heteroatoms. The van der Waals surface area contributed by atoms with Gasteiger partial charge in [-0.1, -0.05) is 24.6 Å². The largest absolute Gasteiger partial charge is 0.477 e. The van der Waals surface area contributed by atoms with Gasteiger partial charge in [0.15, 0.2) is 0 Å². The van der Waals surface area contributed by atoms with E-state index in [1.165, 1.54) is 11.0 Å². The van der Waals surface area contributed by atoms with Crippen molar-refractivity contribution in [2.45, 2.75) is 31.8 Å². The Hall–Kier alpha value is -3.07. The van der Waals surface area contributed by atoms with Crippen LogP contribution in [0.4, 0.5) is 37.7 Å². The van der Waals surface area contributed by atoms with Gasteiger partial charge in [0.25, 0.3) is 0 Å². The van der Waals surface area contributed by atoms with E-state index in [2.05, 4.69) is 0 Å². The minimum Gasteiger partial charge on any atom is -0.477 e. The molecule has 0 saturated heterocycles. The lowest BCUT2D eigenvalue weighted by atomic mass is 10.1. The molecule has 0 aliphatic carbocycles. The number of benzene rings is 3. The molecule has 0 bridgehead atoms. The van der Waals surface area contributed by atoms with Crippen LogP contribution >= 0.6 is 11.6 Å². The average molecular weight is 502 g/mol. The maximum absolute atomic E-state index is 13.5.